The SMILES string of the molecule is C=CCCC(C)=CCCC(C)=CCCC(C)=CCCC(C)=CCCc1ccoc1. The third-order valence-corrected chi connectivity index (χ3v) is 5.34. The first-order valence-electron chi connectivity index (χ1n) is 11.3. The molecule has 1 aromatic heterocycles. The van der Waals surface area contributed by atoms with Gasteiger partial charge in [-0.05, 0) is 104 Å². The smallest absolute Gasteiger partial charge is 0.0934 e. The molecule has 0 aliphatic heterocycles. The van der Waals surface area contributed by atoms with Gasteiger partial charge in [0.25, 0.3) is 0 Å². The molecule has 0 saturated heterocycles. The van der Waals surface area contributed by atoms with Gasteiger partial charge in [-0.25, -0.2) is 0 Å². The van der Waals surface area contributed by atoms with Crippen LogP contribution in [-0.4, -0.2) is 0 Å². The topological polar surface area (TPSA) is 13.1 Å². The van der Waals surface area contributed by atoms with Crippen molar-refractivity contribution in [1.29, 1.82) is 0 Å². The third-order valence-electron chi connectivity index (χ3n) is 5.34. The number of aryl methyl sites for hydroxylation is 1. The van der Waals surface area contributed by atoms with Crippen molar-refractivity contribution in [2.45, 2.75) is 91.9 Å². The van der Waals surface area contributed by atoms with E-state index in [9.17, 15) is 0 Å². The molecule has 0 aliphatic rings. The molecule has 0 bridgehead atoms. The van der Waals surface area contributed by atoms with Crippen molar-refractivity contribution in [3.63, 3.8) is 0 Å². The second-order valence-corrected chi connectivity index (χ2v) is 8.32. The standard InChI is InChI=1S/C28H42O/c1-6-7-12-24(2)13-8-14-25(3)15-9-16-26(4)17-10-18-27(5)19-11-20-28-21-22-29-23-28/h6,13,15,17,19,21-23H,1,7-12,14,16,18,20H2,2-5H3. The molecule has 1 rings (SSSR count). The average Bonchev–Trinajstić information content (AvgIpc) is 3.20. The quantitative estimate of drug-likeness (QED) is 0.270. The second kappa shape index (κ2) is 15.9. The van der Waals surface area contributed by atoms with Crippen molar-refractivity contribution in [2.75, 3.05) is 0 Å². The Hall–Kier alpha value is -2.02. The summed E-state index contributed by atoms with van der Waals surface area (Å²) in [6.45, 7) is 12.8. The van der Waals surface area contributed by atoms with E-state index in [1.807, 2.05) is 18.4 Å². The molecule has 0 amide bonds. The van der Waals surface area contributed by atoms with Crippen molar-refractivity contribution in [3.8, 4) is 0 Å². The summed E-state index contributed by atoms with van der Waals surface area (Å²) in [5, 5.41) is 0. The zero-order valence-electron chi connectivity index (χ0n) is 19.3. The lowest BCUT2D eigenvalue weighted by Crippen LogP contribution is -1.83. The van der Waals surface area contributed by atoms with Gasteiger partial charge < -0.3 is 4.42 Å². The molecule has 0 fully saturated rings. The zero-order valence-corrected chi connectivity index (χ0v) is 19.3. The molecule has 0 N–H and O–H groups in total. The van der Waals surface area contributed by atoms with Crippen LogP contribution in [0.5, 0.6) is 0 Å². The van der Waals surface area contributed by atoms with E-state index in [0.29, 0.717) is 0 Å². The van der Waals surface area contributed by atoms with Crippen LogP contribution in [0, 0.1) is 0 Å². The molecule has 160 valence electrons. The molecule has 0 saturated carbocycles. The van der Waals surface area contributed by atoms with Gasteiger partial charge in [0, 0.05) is 0 Å². The Morgan fingerprint density at radius 1 is 0.724 bits per heavy atom. The first-order chi connectivity index (χ1) is 14.0. The zero-order chi connectivity index (χ0) is 21.3. The predicted octanol–water partition coefficient (Wildman–Crippen LogP) is 9.30. The van der Waals surface area contributed by atoms with Gasteiger partial charge >= 0.3 is 0 Å². The Morgan fingerprint density at radius 2 is 1.17 bits per heavy atom. The van der Waals surface area contributed by atoms with Crippen molar-refractivity contribution in [2.24, 2.45) is 0 Å². The van der Waals surface area contributed by atoms with Gasteiger partial charge in [-0.2, -0.15) is 0 Å². The maximum atomic E-state index is 5.11. The first-order valence-corrected chi connectivity index (χ1v) is 11.3. The Bertz CT molecular complexity index is 680. The largest absolute Gasteiger partial charge is 0.472 e. The fraction of sp³-hybridized carbons (Fsp3) is 0.500. The molecule has 1 nitrogen and oxygen atoms in total. The molecular weight excluding hydrogens is 352 g/mol. The highest BCUT2D eigenvalue weighted by atomic mass is 16.3. The third kappa shape index (κ3) is 13.7. The monoisotopic (exact) mass is 394 g/mol. The van der Waals surface area contributed by atoms with E-state index >= 15 is 0 Å². The van der Waals surface area contributed by atoms with Gasteiger partial charge in [0.2, 0.25) is 0 Å². The van der Waals surface area contributed by atoms with Crippen LogP contribution in [0.3, 0.4) is 0 Å². The van der Waals surface area contributed by atoms with Crippen LogP contribution >= 0.6 is 0 Å². The van der Waals surface area contributed by atoms with Crippen LogP contribution in [-0.2, 0) is 6.42 Å². The summed E-state index contributed by atoms with van der Waals surface area (Å²) in [6.07, 6.45) is 26.6. The maximum Gasteiger partial charge on any atom is 0.0934 e. The fourth-order valence-corrected chi connectivity index (χ4v) is 3.30. The molecule has 0 atom stereocenters. The van der Waals surface area contributed by atoms with E-state index in [2.05, 4.69) is 58.6 Å². The number of hydrogen-bond acceptors (Lipinski definition) is 1. The normalized spacial score (nSPS) is 13.8. The van der Waals surface area contributed by atoms with E-state index in [1.165, 1.54) is 40.7 Å². The van der Waals surface area contributed by atoms with E-state index in [1.54, 1.807) is 6.26 Å². The summed E-state index contributed by atoms with van der Waals surface area (Å²) >= 11 is 0. The molecule has 0 radical (unpaired) electrons. The van der Waals surface area contributed by atoms with Crippen molar-refractivity contribution in [1.82, 2.24) is 0 Å². The molecular formula is C28H42O. The molecule has 0 unspecified atom stereocenters. The highest BCUT2D eigenvalue weighted by molar-refractivity contribution is 5.10. The summed E-state index contributed by atoms with van der Waals surface area (Å²) in [4.78, 5) is 0. The van der Waals surface area contributed by atoms with Gasteiger partial charge in [0.1, 0.15) is 0 Å². The summed E-state index contributed by atoms with van der Waals surface area (Å²) in [6, 6.07) is 2.05. The minimum absolute atomic E-state index is 1.07. The molecule has 0 aliphatic carbocycles. The van der Waals surface area contributed by atoms with Gasteiger partial charge in [0.15, 0.2) is 0 Å². The van der Waals surface area contributed by atoms with Crippen molar-refractivity contribution in [3.05, 3.63) is 83.4 Å². The van der Waals surface area contributed by atoms with Crippen LogP contribution in [0.4, 0.5) is 0 Å². The Balaban J connectivity index is 2.18. The van der Waals surface area contributed by atoms with Crippen LogP contribution in [0.2, 0.25) is 0 Å². The lowest BCUT2D eigenvalue weighted by Gasteiger charge is -2.03. The Morgan fingerprint density at radius 3 is 1.59 bits per heavy atom. The minimum Gasteiger partial charge on any atom is -0.472 e. The first kappa shape index (κ1) is 25.0. The van der Waals surface area contributed by atoms with Gasteiger partial charge in [0.05, 0.1) is 12.5 Å². The number of hydrogen-bond donors (Lipinski definition) is 0. The number of allylic oxidation sites excluding steroid dienone is 9. The van der Waals surface area contributed by atoms with E-state index < -0.39 is 0 Å². The summed E-state index contributed by atoms with van der Waals surface area (Å²) in [5.41, 5.74) is 7.29. The Labute approximate surface area is 180 Å². The van der Waals surface area contributed by atoms with E-state index in [4.69, 9.17) is 4.42 Å². The van der Waals surface area contributed by atoms with Crippen LogP contribution in [0.25, 0.3) is 0 Å². The molecule has 29 heavy (non-hydrogen) atoms. The second-order valence-electron chi connectivity index (χ2n) is 8.32. The highest BCUT2D eigenvalue weighted by Gasteiger charge is 1.96. The lowest BCUT2D eigenvalue weighted by atomic mass is 10.0. The lowest BCUT2D eigenvalue weighted by molar-refractivity contribution is 0.564. The number of rotatable bonds is 15. The summed E-state index contributed by atoms with van der Waals surface area (Å²) in [7, 11) is 0. The average molecular weight is 395 g/mol. The fourth-order valence-electron chi connectivity index (χ4n) is 3.30. The van der Waals surface area contributed by atoms with Crippen molar-refractivity contribution < 1.29 is 4.42 Å². The molecule has 1 aromatic rings. The van der Waals surface area contributed by atoms with Crippen LogP contribution in [0.1, 0.15) is 91.0 Å². The number of furan rings is 1. The van der Waals surface area contributed by atoms with Gasteiger partial charge in [-0.1, -0.05) is 52.7 Å². The molecule has 1 heteroatoms. The minimum atomic E-state index is 1.07. The molecule has 1 heterocycles. The molecule has 0 aromatic carbocycles. The van der Waals surface area contributed by atoms with Crippen molar-refractivity contribution >= 4 is 0 Å². The maximum absolute atomic E-state index is 5.11. The van der Waals surface area contributed by atoms with Gasteiger partial charge in [-0.15, -0.1) is 6.58 Å². The van der Waals surface area contributed by atoms with Crippen LogP contribution in [0.15, 0.2) is 82.3 Å². The Kier molecular flexibility index (Phi) is 13.7. The highest BCUT2D eigenvalue weighted by Crippen LogP contribution is 2.15. The summed E-state index contributed by atoms with van der Waals surface area (Å²) < 4.78 is 5.11. The summed E-state index contributed by atoms with van der Waals surface area (Å²) in [5.74, 6) is 0. The van der Waals surface area contributed by atoms with Gasteiger partial charge in [-0.3, -0.25) is 0 Å². The molecule has 0 spiro atoms. The van der Waals surface area contributed by atoms with Crippen LogP contribution < -0.4 is 0 Å². The van der Waals surface area contributed by atoms with E-state index in [-0.39, 0.29) is 0 Å². The van der Waals surface area contributed by atoms with E-state index in [0.717, 1.165) is 51.4 Å². The predicted molar refractivity (Wildman–Crippen MR) is 129 cm³/mol.